The lowest BCUT2D eigenvalue weighted by molar-refractivity contribution is 0.0657. The number of hydrogen-bond donors (Lipinski definition) is 3. The van der Waals surface area contributed by atoms with Crippen molar-refractivity contribution in [2.75, 3.05) is 6.54 Å². The summed E-state index contributed by atoms with van der Waals surface area (Å²) >= 11 is 0. The Labute approximate surface area is 49.3 Å². The molecule has 0 aliphatic heterocycles. The van der Waals surface area contributed by atoms with Gasteiger partial charge in [0, 0.05) is 6.54 Å². The molecule has 0 bridgehead atoms. The van der Waals surface area contributed by atoms with Crippen LogP contribution in [-0.4, -0.2) is 23.0 Å². The number of rotatable bonds is 3. The van der Waals surface area contributed by atoms with Crippen LogP contribution in [0.2, 0.25) is 0 Å². The summed E-state index contributed by atoms with van der Waals surface area (Å²) in [6.45, 7) is 4.03. The average Bonchev–Trinajstić information content (AvgIpc) is 1.67. The number of nitrogens with one attached hydrogen (secondary N) is 1. The molecular formula is C5H13NO2. The van der Waals surface area contributed by atoms with Crippen LogP contribution >= 0.6 is 0 Å². The molecule has 0 heterocycles. The lowest BCUT2D eigenvalue weighted by atomic mass is 10.1. The SMILES string of the molecule is CC(C)C(O)CNO. The van der Waals surface area contributed by atoms with Crippen LogP contribution in [0.5, 0.6) is 0 Å². The molecule has 0 aliphatic carbocycles. The van der Waals surface area contributed by atoms with E-state index < -0.39 is 6.10 Å². The molecule has 8 heavy (non-hydrogen) atoms. The summed E-state index contributed by atoms with van der Waals surface area (Å²) in [6, 6.07) is 0. The Morgan fingerprint density at radius 1 is 1.50 bits per heavy atom. The molecule has 50 valence electrons. The third-order valence-corrected chi connectivity index (χ3v) is 1.07. The minimum absolute atomic E-state index is 0.203. The van der Waals surface area contributed by atoms with E-state index in [2.05, 4.69) is 0 Å². The Morgan fingerprint density at radius 2 is 2.00 bits per heavy atom. The highest BCUT2D eigenvalue weighted by molar-refractivity contribution is 4.58. The molecule has 3 heteroatoms. The lowest BCUT2D eigenvalue weighted by Gasteiger charge is -2.11. The summed E-state index contributed by atoms with van der Waals surface area (Å²) in [7, 11) is 0. The maximum Gasteiger partial charge on any atom is 0.0710 e. The van der Waals surface area contributed by atoms with Gasteiger partial charge in [0.25, 0.3) is 0 Å². The third-order valence-electron chi connectivity index (χ3n) is 1.07. The van der Waals surface area contributed by atoms with Crippen LogP contribution in [0.15, 0.2) is 0 Å². The summed E-state index contributed by atoms with van der Waals surface area (Å²) < 4.78 is 0. The summed E-state index contributed by atoms with van der Waals surface area (Å²) in [5, 5.41) is 17.0. The Kier molecular flexibility index (Phi) is 3.77. The molecule has 0 amide bonds. The van der Waals surface area contributed by atoms with Crippen molar-refractivity contribution in [3.63, 3.8) is 0 Å². The maximum absolute atomic E-state index is 8.90. The number of hydroxylamine groups is 1. The highest BCUT2D eigenvalue weighted by atomic mass is 16.5. The van der Waals surface area contributed by atoms with Crippen LogP contribution in [-0.2, 0) is 0 Å². The van der Waals surface area contributed by atoms with Gasteiger partial charge in [-0.3, -0.25) is 0 Å². The first kappa shape index (κ1) is 7.88. The van der Waals surface area contributed by atoms with Crippen LogP contribution in [0, 0.1) is 5.92 Å². The fraction of sp³-hybridized carbons (Fsp3) is 1.00. The predicted octanol–water partition coefficient (Wildman–Crippen LogP) is -0.0179. The van der Waals surface area contributed by atoms with E-state index in [-0.39, 0.29) is 12.5 Å². The van der Waals surface area contributed by atoms with Crippen molar-refractivity contribution in [1.29, 1.82) is 0 Å². The van der Waals surface area contributed by atoms with Gasteiger partial charge in [0.15, 0.2) is 0 Å². The van der Waals surface area contributed by atoms with Crippen molar-refractivity contribution < 1.29 is 10.3 Å². The summed E-state index contributed by atoms with van der Waals surface area (Å²) in [4.78, 5) is 0. The van der Waals surface area contributed by atoms with Crippen LogP contribution in [0.3, 0.4) is 0 Å². The molecule has 0 radical (unpaired) electrons. The molecular weight excluding hydrogens is 106 g/mol. The van der Waals surface area contributed by atoms with Gasteiger partial charge in [-0.1, -0.05) is 13.8 Å². The monoisotopic (exact) mass is 119 g/mol. The minimum atomic E-state index is -0.444. The molecule has 0 saturated carbocycles. The van der Waals surface area contributed by atoms with Crippen molar-refractivity contribution in [3.8, 4) is 0 Å². The quantitative estimate of drug-likeness (QED) is 0.458. The van der Waals surface area contributed by atoms with Crippen molar-refractivity contribution in [3.05, 3.63) is 0 Å². The zero-order chi connectivity index (χ0) is 6.57. The second kappa shape index (κ2) is 3.83. The van der Waals surface area contributed by atoms with Crippen molar-refractivity contribution in [2.24, 2.45) is 5.92 Å². The minimum Gasteiger partial charge on any atom is -0.391 e. The lowest BCUT2D eigenvalue weighted by Crippen LogP contribution is -2.28. The Balaban J connectivity index is 3.17. The molecule has 0 aromatic carbocycles. The van der Waals surface area contributed by atoms with Gasteiger partial charge in [0.05, 0.1) is 6.10 Å². The summed E-state index contributed by atoms with van der Waals surface area (Å²) in [5.41, 5.74) is 1.90. The first-order valence-electron chi connectivity index (χ1n) is 2.73. The third kappa shape index (κ3) is 2.96. The van der Waals surface area contributed by atoms with Gasteiger partial charge in [0.2, 0.25) is 0 Å². The van der Waals surface area contributed by atoms with Gasteiger partial charge in [-0.15, -0.1) is 0 Å². The molecule has 0 spiro atoms. The summed E-state index contributed by atoms with van der Waals surface area (Å²) in [6.07, 6.45) is -0.444. The number of hydrogen-bond acceptors (Lipinski definition) is 3. The first-order chi connectivity index (χ1) is 3.68. The molecule has 0 rings (SSSR count). The van der Waals surface area contributed by atoms with Gasteiger partial charge in [0.1, 0.15) is 0 Å². The van der Waals surface area contributed by atoms with E-state index in [0.29, 0.717) is 0 Å². The van der Waals surface area contributed by atoms with Crippen LogP contribution in [0.1, 0.15) is 13.8 Å². The topological polar surface area (TPSA) is 52.5 Å². The van der Waals surface area contributed by atoms with Crippen molar-refractivity contribution in [1.82, 2.24) is 5.48 Å². The molecule has 3 N–H and O–H groups in total. The van der Waals surface area contributed by atoms with E-state index in [9.17, 15) is 0 Å². The van der Waals surface area contributed by atoms with Gasteiger partial charge in [-0.2, -0.15) is 0 Å². The van der Waals surface area contributed by atoms with E-state index >= 15 is 0 Å². The number of aliphatic hydroxyl groups is 1. The molecule has 0 aromatic heterocycles. The first-order valence-corrected chi connectivity index (χ1v) is 2.73. The predicted molar refractivity (Wildman–Crippen MR) is 30.6 cm³/mol. The van der Waals surface area contributed by atoms with Crippen LogP contribution in [0.25, 0.3) is 0 Å². The van der Waals surface area contributed by atoms with Gasteiger partial charge < -0.3 is 10.3 Å². The van der Waals surface area contributed by atoms with Gasteiger partial charge in [-0.25, -0.2) is 5.48 Å². The molecule has 1 unspecified atom stereocenters. The normalized spacial score (nSPS) is 14.6. The molecule has 1 atom stereocenters. The largest absolute Gasteiger partial charge is 0.391 e. The van der Waals surface area contributed by atoms with Crippen LogP contribution in [0.4, 0.5) is 0 Å². The van der Waals surface area contributed by atoms with E-state index in [4.69, 9.17) is 10.3 Å². The van der Waals surface area contributed by atoms with Gasteiger partial charge in [-0.05, 0) is 5.92 Å². The van der Waals surface area contributed by atoms with Gasteiger partial charge >= 0.3 is 0 Å². The summed E-state index contributed by atoms with van der Waals surface area (Å²) in [5.74, 6) is 0.203. The second-order valence-corrected chi connectivity index (χ2v) is 2.17. The zero-order valence-electron chi connectivity index (χ0n) is 5.26. The zero-order valence-corrected chi connectivity index (χ0v) is 5.26. The smallest absolute Gasteiger partial charge is 0.0710 e. The highest BCUT2D eigenvalue weighted by Gasteiger charge is 2.06. The molecule has 3 nitrogen and oxygen atoms in total. The maximum atomic E-state index is 8.90. The van der Waals surface area contributed by atoms with Crippen molar-refractivity contribution in [2.45, 2.75) is 20.0 Å². The molecule has 0 aromatic rings. The van der Waals surface area contributed by atoms with E-state index in [1.54, 1.807) is 0 Å². The fourth-order valence-corrected chi connectivity index (χ4v) is 0.329. The Bertz CT molecular complexity index is 56.4. The van der Waals surface area contributed by atoms with E-state index in [1.165, 1.54) is 0 Å². The van der Waals surface area contributed by atoms with Crippen LogP contribution < -0.4 is 5.48 Å². The number of aliphatic hydroxyl groups excluding tert-OH is 1. The molecule has 0 fully saturated rings. The molecule has 0 saturated heterocycles. The van der Waals surface area contributed by atoms with E-state index in [1.807, 2.05) is 19.3 Å². The van der Waals surface area contributed by atoms with Crippen molar-refractivity contribution >= 4 is 0 Å². The fourth-order valence-electron chi connectivity index (χ4n) is 0.329. The standard InChI is InChI=1S/C5H13NO2/c1-4(2)5(7)3-6-8/h4-8H,3H2,1-2H3. The Hall–Kier alpha value is -0.120. The average molecular weight is 119 g/mol. The molecule has 0 aliphatic rings. The Morgan fingerprint density at radius 3 is 2.12 bits per heavy atom. The second-order valence-electron chi connectivity index (χ2n) is 2.17. The highest BCUT2D eigenvalue weighted by Crippen LogP contribution is 1.97. The van der Waals surface area contributed by atoms with E-state index in [0.717, 1.165) is 0 Å².